The molecule has 0 saturated heterocycles. The molecule has 184 valence electrons. The molecule has 3 aromatic rings. The van der Waals surface area contributed by atoms with Crippen LogP contribution < -0.4 is 4.90 Å². The van der Waals surface area contributed by atoms with Gasteiger partial charge in [-0.2, -0.15) is 18.3 Å². The Balaban J connectivity index is 0.000000406. The Labute approximate surface area is 205 Å². The quantitative estimate of drug-likeness (QED) is 0.422. The summed E-state index contributed by atoms with van der Waals surface area (Å²) < 4.78 is 33.8. The molecule has 0 spiro atoms. The number of alkyl halides is 3. The first-order chi connectivity index (χ1) is 15.8. The predicted octanol–water partition coefficient (Wildman–Crippen LogP) is 6.60. The molecule has 1 aromatic carbocycles. The minimum absolute atomic E-state index is 0.429. The van der Waals surface area contributed by atoms with Crippen LogP contribution in [0.5, 0.6) is 0 Å². The summed E-state index contributed by atoms with van der Waals surface area (Å²) in [6, 6.07) is 8.17. The molecule has 3 heterocycles. The Morgan fingerprint density at radius 3 is 2.44 bits per heavy atom. The normalized spacial score (nSPS) is 15.5. The second kappa shape index (κ2) is 10.00. The number of hydrogen-bond acceptors (Lipinski definition) is 4. The van der Waals surface area contributed by atoms with Gasteiger partial charge in [-0.3, -0.25) is 4.68 Å². The number of halogens is 5. The first kappa shape index (κ1) is 26.1. The van der Waals surface area contributed by atoms with E-state index in [0.717, 1.165) is 47.5 Å². The third-order valence-electron chi connectivity index (χ3n) is 5.40. The van der Waals surface area contributed by atoms with Crippen LogP contribution in [0.3, 0.4) is 0 Å². The van der Waals surface area contributed by atoms with Gasteiger partial charge in [0, 0.05) is 28.9 Å². The third kappa shape index (κ3) is 5.41. The zero-order valence-electron chi connectivity index (χ0n) is 19.1. The number of nitrogens with zero attached hydrogens (tertiary/aromatic N) is 4. The molecule has 2 aromatic heterocycles. The van der Waals surface area contributed by atoms with Gasteiger partial charge < -0.3 is 10.0 Å². The molecule has 4 rings (SSSR count). The number of rotatable bonds is 4. The summed E-state index contributed by atoms with van der Waals surface area (Å²) in [5.41, 5.74) is 5.95. The van der Waals surface area contributed by atoms with E-state index >= 15 is 0 Å². The summed E-state index contributed by atoms with van der Waals surface area (Å²) in [7, 11) is 0. The number of carbonyl (C=O) groups is 1. The van der Waals surface area contributed by atoms with E-state index in [4.69, 9.17) is 43.2 Å². The number of hydrogen-bond donors (Lipinski definition) is 1. The van der Waals surface area contributed by atoms with Gasteiger partial charge in [0.1, 0.15) is 16.7 Å². The molecule has 1 aliphatic heterocycles. The number of anilines is 1. The van der Waals surface area contributed by atoms with Crippen molar-refractivity contribution in [1.82, 2.24) is 14.8 Å². The molecule has 11 heteroatoms. The van der Waals surface area contributed by atoms with E-state index in [-0.39, 0.29) is 0 Å². The largest absolute Gasteiger partial charge is 0.490 e. The van der Waals surface area contributed by atoms with Crippen molar-refractivity contribution in [3.63, 3.8) is 0 Å². The molecule has 0 amide bonds. The zero-order valence-corrected chi connectivity index (χ0v) is 20.6. The molecule has 0 aliphatic carbocycles. The van der Waals surface area contributed by atoms with Gasteiger partial charge in [-0.15, -0.1) is 0 Å². The highest BCUT2D eigenvalue weighted by molar-refractivity contribution is 6.36. The van der Waals surface area contributed by atoms with Gasteiger partial charge in [0.25, 0.3) is 0 Å². The molecule has 6 nitrogen and oxygen atoms in total. The van der Waals surface area contributed by atoms with E-state index in [1.54, 1.807) is 6.07 Å². The van der Waals surface area contributed by atoms with E-state index in [1.807, 2.05) is 19.1 Å². The fourth-order valence-electron chi connectivity index (χ4n) is 3.99. The zero-order chi connectivity index (χ0) is 25.4. The number of aryl methyl sites for hydroxylation is 1. The maximum absolute atomic E-state index is 10.6. The van der Waals surface area contributed by atoms with Crippen LogP contribution in [0.25, 0.3) is 22.3 Å². The number of aromatic nitrogens is 3. The van der Waals surface area contributed by atoms with E-state index in [0.29, 0.717) is 22.0 Å². The Kier molecular flexibility index (Phi) is 7.67. The van der Waals surface area contributed by atoms with E-state index in [2.05, 4.69) is 36.4 Å². The summed E-state index contributed by atoms with van der Waals surface area (Å²) >= 11 is 12.6. The predicted molar refractivity (Wildman–Crippen MR) is 128 cm³/mol. The average molecular weight is 517 g/mol. The molecule has 0 saturated carbocycles. The van der Waals surface area contributed by atoms with Crippen molar-refractivity contribution >= 4 is 45.9 Å². The maximum Gasteiger partial charge on any atom is 0.490 e. The lowest BCUT2D eigenvalue weighted by Gasteiger charge is -2.38. The van der Waals surface area contributed by atoms with Gasteiger partial charge in [-0.25, -0.2) is 9.78 Å². The molecule has 1 aliphatic rings. The van der Waals surface area contributed by atoms with Gasteiger partial charge in [-0.05, 0) is 43.5 Å². The van der Waals surface area contributed by atoms with Crippen LogP contribution >= 0.6 is 23.2 Å². The Morgan fingerprint density at radius 1 is 1.26 bits per heavy atom. The topological polar surface area (TPSA) is 71.2 Å². The molecular formula is C23H25Cl2F3N4O2. The lowest BCUT2D eigenvalue weighted by molar-refractivity contribution is -0.192. The Morgan fingerprint density at radius 2 is 1.91 bits per heavy atom. The molecule has 0 unspecified atom stereocenters. The number of carboxylic acid groups (broad SMARTS) is 1. The van der Waals surface area contributed by atoms with Gasteiger partial charge in [0.05, 0.1) is 17.3 Å². The van der Waals surface area contributed by atoms with Gasteiger partial charge in [0.15, 0.2) is 0 Å². The van der Waals surface area contributed by atoms with Crippen LogP contribution in [0.2, 0.25) is 10.0 Å². The first-order valence-corrected chi connectivity index (χ1v) is 11.5. The number of aliphatic carboxylic acids is 1. The smallest absolute Gasteiger partial charge is 0.475 e. The Hall–Kier alpha value is -2.52. The minimum atomic E-state index is -5.08. The third-order valence-corrected chi connectivity index (χ3v) is 5.95. The van der Waals surface area contributed by atoms with Gasteiger partial charge in [-0.1, -0.05) is 44.0 Å². The maximum atomic E-state index is 10.6. The van der Waals surface area contributed by atoms with Crippen LogP contribution in [0, 0.1) is 12.8 Å². The molecule has 34 heavy (non-hydrogen) atoms. The van der Waals surface area contributed by atoms with Crippen LogP contribution in [0.15, 0.2) is 24.3 Å². The van der Waals surface area contributed by atoms with E-state index < -0.39 is 12.1 Å². The lowest BCUT2D eigenvalue weighted by atomic mass is 10.0. The summed E-state index contributed by atoms with van der Waals surface area (Å²) in [6.07, 6.45) is -4.01. The molecule has 0 bridgehead atoms. The standard InChI is InChI=1S/C21H24Cl2N4.C2HF3O2/c1-5-15-11-27-21-18(26(15)10-12(2)3)8-13(4)24-20(21)19(25-27)16-7-6-14(22)9-17(16)23;3-2(4,5)1(6)7/h6-9,12,15H,5,10-11H2,1-4H3;(H,6,7)/t15-;/m0./s1. The lowest BCUT2D eigenvalue weighted by Crippen LogP contribution is -2.43. The summed E-state index contributed by atoms with van der Waals surface area (Å²) in [4.78, 5) is 16.3. The van der Waals surface area contributed by atoms with Crippen molar-refractivity contribution in [2.75, 3.05) is 11.4 Å². The van der Waals surface area contributed by atoms with Gasteiger partial charge in [0.2, 0.25) is 0 Å². The van der Waals surface area contributed by atoms with Crippen LogP contribution in [0.1, 0.15) is 32.9 Å². The minimum Gasteiger partial charge on any atom is -0.475 e. The van der Waals surface area contributed by atoms with E-state index in [1.165, 1.54) is 5.69 Å². The Bertz CT molecular complexity index is 1210. The average Bonchev–Trinajstić information content (AvgIpc) is 3.07. The molecular weight excluding hydrogens is 492 g/mol. The second-order valence-corrected chi connectivity index (χ2v) is 9.39. The second-order valence-electron chi connectivity index (χ2n) is 8.55. The number of benzene rings is 1. The van der Waals surface area contributed by atoms with Crippen molar-refractivity contribution < 1.29 is 23.1 Å². The highest BCUT2D eigenvalue weighted by atomic mass is 35.5. The number of carboxylic acids is 1. The van der Waals surface area contributed by atoms with Crippen LogP contribution in [-0.2, 0) is 11.3 Å². The number of pyridine rings is 1. The summed E-state index contributed by atoms with van der Waals surface area (Å²) in [5, 5.41) is 13.3. The molecule has 1 atom stereocenters. The van der Waals surface area contributed by atoms with Crippen molar-refractivity contribution in [3.05, 3.63) is 40.0 Å². The van der Waals surface area contributed by atoms with Crippen molar-refractivity contribution in [2.24, 2.45) is 5.92 Å². The summed E-state index contributed by atoms with van der Waals surface area (Å²) in [5.74, 6) is -2.17. The highest BCUT2D eigenvalue weighted by Crippen LogP contribution is 2.40. The highest BCUT2D eigenvalue weighted by Gasteiger charge is 2.38. The van der Waals surface area contributed by atoms with Crippen molar-refractivity contribution in [1.29, 1.82) is 0 Å². The summed E-state index contributed by atoms with van der Waals surface area (Å²) in [6.45, 7) is 10.7. The van der Waals surface area contributed by atoms with Crippen molar-refractivity contribution in [2.45, 2.75) is 52.9 Å². The van der Waals surface area contributed by atoms with Crippen LogP contribution in [-0.4, -0.2) is 44.6 Å². The van der Waals surface area contributed by atoms with E-state index in [9.17, 15) is 13.2 Å². The molecule has 0 radical (unpaired) electrons. The fraction of sp³-hybridized carbons (Fsp3) is 0.435. The molecule has 1 N–H and O–H groups in total. The first-order valence-electron chi connectivity index (χ1n) is 10.7. The monoisotopic (exact) mass is 516 g/mol. The SMILES string of the molecule is CC[C@H]1Cn2nc(-c3ccc(Cl)cc3Cl)c3nc(C)cc(c32)N1CC(C)C.O=C(O)C(F)(F)F. The van der Waals surface area contributed by atoms with Gasteiger partial charge >= 0.3 is 12.1 Å². The fourth-order valence-corrected chi connectivity index (χ4v) is 4.48. The molecule has 0 fully saturated rings. The van der Waals surface area contributed by atoms with Crippen LogP contribution in [0.4, 0.5) is 18.9 Å². The van der Waals surface area contributed by atoms with Crippen molar-refractivity contribution in [3.8, 4) is 11.3 Å².